The van der Waals surface area contributed by atoms with Crippen molar-refractivity contribution in [2.45, 2.75) is 166 Å². The summed E-state index contributed by atoms with van der Waals surface area (Å²) in [4.78, 5) is 71.7. The van der Waals surface area contributed by atoms with Gasteiger partial charge in [-0.05, 0) is 82.0 Å². The lowest BCUT2D eigenvalue weighted by molar-refractivity contribution is -0.152. The number of sulfone groups is 1. The summed E-state index contributed by atoms with van der Waals surface area (Å²) < 4.78 is 26.5. The van der Waals surface area contributed by atoms with Crippen molar-refractivity contribution < 1.29 is 32.4 Å². The number of carbonyl (C=O) groups excluding carboxylic acids is 5. The zero-order valence-corrected chi connectivity index (χ0v) is 34.5. The van der Waals surface area contributed by atoms with Crippen LogP contribution in [0, 0.1) is 40.9 Å². The predicted octanol–water partition coefficient (Wildman–Crippen LogP) is 4.41. The van der Waals surface area contributed by atoms with Crippen LogP contribution in [0.3, 0.4) is 0 Å². The number of terminal acetylenes is 1. The van der Waals surface area contributed by atoms with Crippen LogP contribution in [-0.2, 0) is 29.0 Å². The Labute approximate surface area is 323 Å². The highest BCUT2D eigenvalue weighted by Gasteiger charge is 2.75. The van der Waals surface area contributed by atoms with E-state index >= 15 is 4.79 Å². The molecule has 1 saturated heterocycles. The molecule has 5 fully saturated rings. The summed E-state index contributed by atoms with van der Waals surface area (Å²) in [5.41, 5.74) is -3.17. The highest BCUT2D eigenvalue weighted by atomic mass is 32.2. The Morgan fingerprint density at radius 3 is 2.06 bits per heavy atom. The zero-order chi connectivity index (χ0) is 39.9. The van der Waals surface area contributed by atoms with Gasteiger partial charge < -0.3 is 26.2 Å². The summed E-state index contributed by atoms with van der Waals surface area (Å²) in [5.74, 6) is -0.291. The first kappa shape index (κ1) is 42.0. The molecule has 4 unspecified atom stereocenters. The summed E-state index contributed by atoms with van der Waals surface area (Å²) in [7, 11) is -3.59. The minimum absolute atomic E-state index is 0.0278. The summed E-state index contributed by atoms with van der Waals surface area (Å²) in [6.45, 7) is 13.5. The topological polar surface area (TPSA) is 171 Å². The lowest BCUT2D eigenvalue weighted by Crippen LogP contribution is -2.68. The molecule has 5 aliphatic rings. The van der Waals surface area contributed by atoms with Gasteiger partial charge in [0.15, 0.2) is 9.84 Å². The molecule has 4 saturated carbocycles. The molecular formula is C41H65N5O7S. The van der Waals surface area contributed by atoms with Crippen LogP contribution >= 0.6 is 0 Å². The number of ketones is 1. The van der Waals surface area contributed by atoms with E-state index in [4.69, 9.17) is 6.42 Å². The summed E-state index contributed by atoms with van der Waals surface area (Å²) in [6, 6.07) is -2.61. The number of nitrogens with zero attached hydrogens (tertiary/aromatic N) is 1. The van der Waals surface area contributed by atoms with E-state index in [2.05, 4.69) is 41.0 Å². The minimum atomic E-state index is -3.59. The molecule has 5 atom stereocenters. The van der Waals surface area contributed by atoms with Crippen molar-refractivity contribution in [1.82, 2.24) is 26.2 Å². The Kier molecular flexibility index (Phi) is 12.0. The summed E-state index contributed by atoms with van der Waals surface area (Å²) in [6.07, 6.45) is 15.7. The molecule has 0 radical (unpaired) electrons. The van der Waals surface area contributed by atoms with Gasteiger partial charge in [-0.3, -0.25) is 19.2 Å². The van der Waals surface area contributed by atoms with Gasteiger partial charge in [0.2, 0.25) is 17.6 Å². The number of nitrogens with one attached hydrogen (secondary N) is 4. The maximum Gasteiger partial charge on any atom is 0.315 e. The van der Waals surface area contributed by atoms with Gasteiger partial charge in [0, 0.05) is 12.5 Å². The van der Waals surface area contributed by atoms with Crippen molar-refractivity contribution in [3.05, 3.63) is 0 Å². The van der Waals surface area contributed by atoms with E-state index in [1.165, 1.54) is 0 Å². The lowest BCUT2D eigenvalue weighted by Gasteiger charge is -2.46. The van der Waals surface area contributed by atoms with E-state index in [-0.39, 0.29) is 41.4 Å². The number of hydrogen-bond acceptors (Lipinski definition) is 7. The second kappa shape index (κ2) is 15.4. The zero-order valence-electron chi connectivity index (χ0n) is 33.7. The average Bonchev–Trinajstić information content (AvgIpc) is 4.00. The van der Waals surface area contributed by atoms with Gasteiger partial charge in [-0.25, -0.2) is 13.2 Å². The number of amides is 5. The van der Waals surface area contributed by atoms with Gasteiger partial charge in [0.25, 0.3) is 5.91 Å². The van der Waals surface area contributed by atoms with Gasteiger partial charge in [-0.1, -0.05) is 85.0 Å². The fraction of sp³-hybridized carbons (Fsp3) is 0.829. The largest absolute Gasteiger partial charge is 0.344 e. The fourth-order valence-corrected chi connectivity index (χ4v) is 11.9. The van der Waals surface area contributed by atoms with Crippen molar-refractivity contribution in [2.24, 2.45) is 28.6 Å². The van der Waals surface area contributed by atoms with Crippen LogP contribution in [0.4, 0.5) is 4.79 Å². The van der Waals surface area contributed by atoms with Crippen LogP contribution in [-0.4, -0.2) is 89.6 Å². The van der Waals surface area contributed by atoms with E-state index in [1.807, 2.05) is 13.8 Å². The normalized spacial score (nSPS) is 28.0. The molecular weight excluding hydrogens is 707 g/mol. The maximum atomic E-state index is 15.1. The number of Topliss-reactive ketones (excluding diaryl/α,β-unsaturated/α-hetero) is 1. The Bertz CT molecular complexity index is 1630. The van der Waals surface area contributed by atoms with Gasteiger partial charge in [0.1, 0.15) is 11.6 Å². The second-order valence-corrected chi connectivity index (χ2v) is 21.5. The average molecular weight is 772 g/mol. The molecule has 54 heavy (non-hydrogen) atoms. The first-order chi connectivity index (χ1) is 25.2. The molecule has 0 aromatic rings. The number of piperidine rings is 1. The van der Waals surface area contributed by atoms with Gasteiger partial charge >= 0.3 is 6.03 Å². The van der Waals surface area contributed by atoms with E-state index < -0.39 is 66.8 Å². The van der Waals surface area contributed by atoms with Crippen LogP contribution < -0.4 is 21.3 Å². The third kappa shape index (κ3) is 8.20. The highest BCUT2D eigenvalue weighted by molar-refractivity contribution is 7.92. The molecule has 4 aliphatic carbocycles. The Morgan fingerprint density at radius 2 is 1.50 bits per heavy atom. The van der Waals surface area contributed by atoms with Crippen molar-refractivity contribution in [1.29, 1.82) is 0 Å². The van der Waals surface area contributed by atoms with Crippen molar-refractivity contribution in [3.63, 3.8) is 0 Å². The first-order valence-electron chi connectivity index (χ1n) is 20.4. The number of likely N-dealkylation sites (tertiary alicyclic amines) is 1. The lowest BCUT2D eigenvalue weighted by atomic mass is 9.69. The standard InChI is InChI=1S/C41H65N5O7S/c1-9-23-42-33(48)30(47)29(24-27-17-18-27)43-35(50)40(8)31-28(38(31,5)6)25-46(40)34(49)32(39(7)19-13-11-14-20-39)44-36(51)45-41(21-15-12-16-22-41)26-54(52,53)37(3,4)10-2/h1,27-29,31-32H,10-26H2,2-8H3,(H,42,48)(H,43,50)(H2,44,45,51)/t28?,29?,31?,32-,40?/m1/s1. The molecule has 1 aliphatic heterocycles. The van der Waals surface area contributed by atoms with Crippen LogP contribution in [0.15, 0.2) is 0 Å². The SMILES string of the molecule is C#CCNC(=O)C(=O)C(CC1CC1)NC(=O)C1(C)C2C(CN1C(=O)[C@@H](NC(=O)NC1(CS(=O)(=O)C(C)(C)CC)CCCCC1)C1(C)CCCCC1)C2(C)C. The number of fused-ring (bicyclic) bond motifs is 1. The van der Waals surface area contributed by atoms with Gasteiger partial charge in [-0.15, -0.1) is 6.42 Å². The Balaban J connectivity index is 1.43. The molecule has 0 aromatic carbocycles. The molecule has 5 amide bonds. The quantitative estimate of drug-likeness (QED) is 0.141. The van der Waals surface area contributed by atoms with Crippen molar-refractivity contribution >= 4 is 39.4 Å². The monoisotopic (exact) mass is 771 g/mol. The van der Waals surface area contributed by atoms with Gasteiger partial charge in [-0.2, -0.15) is 0 Å². The number of rotatable bonds is 15. The first-order valence-corrected chi connectivity index (χ1v) is 22.0. The van der Waals surface area contributed by atoms with Gasteiger partial charge in [0.05, 0.1) is 28.6 Å². The third-order valence-corrected chi connectivity index (χ3v) is 17.3. The summed E-state index contributed by atoms with van der Waals surface area (Å²) >= 11 is 0. The second-order valence-electron chi connectivity index (χ2n) is 18.9. The molecule has 1 heterocycles. The smallest absolute Gasteiger partial charge is 0.315 e. The number of carbonyl (C=O) groups is 5. The molecule has 302 valence electrons. The molecule has 5 rings (SSSR count). The van der Waals surface area contributed by atoms with E-state index in [9.17, 15) is 27.6 Å². The fourth-order valence-electron chi connectivity index (χ4n) is 10.00. The van der Waals surface area contributed by atoms with Crippen LogP contribution in [0.1, 0.15) is 138 Å². The van der Waals surface area contributed by atoms with Crippen molar-refractivity contribution in [2.75, 3.05) is 18.8 Å². The number of urea groups is 1. The molecule has 0 spiro atoms. The number of hydrogen-bond donors (Lipinski definition) is 4. The van der Waals surface area contributed by atoms with Crippen molar-refractivity contribution in [3.8, 4) is 12.3 Å². The van der Waals surface area contributed by atoms with E-state index in [0.29, 0.717) is 45.1 Å². The predicted molar refractivity (Wildman–Crippen MR) is 208 cm³/mol. The Morgan fingerprint density at radius 1 is 0.907 bits per heavy atom. The molecule has 0 aromatic heterocycles. The van der Waals surface area contributed by atoms with Crippen LogP contribution in [0.5, 0.6) is 0 Å². The molecule has 0 bridgehead atoms. The van der Waals surface area contributed by atoms with Crippen LogP contribution in [0.2, 0.25) is 0 Å². The van der Waals surface area contributed by atoms with Crippen LogP contribution in [0.25, 0.3) is 0 Å². The van der Waals surface area contributed by atoms with E-state index in [0.717, 1.165) is 51.4 Å². The minimum Gasteiger partial charge on any atom is -0.344 e. The third-order valence-electron chi connectivity index (χ3n) is 14.3. The Hall–Kier alpha value is -3.14. The molecule has 12 nitrogen and oxygen atoms in total. The highest BCUT2D eigenvalue weighted by Crippen LogP contribution is 2.69. The van der Waals surface area contributed by atoms with E-state index in [1.54, 1.807) is 25.7 Å². The molecule has 13 heteroatoms. The molecule has 4 N–H and O–H groups in total. The summed E-state index contributed by atoms with van der Waals surface area (Å²) in [5, 5.41) is 11.5. The maximum absolute atomic E-state index is 15.1.